The number of carbonyl (C=O) groups excluding carboxylic acids is 2. The van der Waals surface area contributed by atoms with E-state index in [0.29, 0.717) is 0 Å². The Kier molecular flexibility index (Phi) is 4.51. The summed E-state index contributed by atoms with van der Waals surface area (Å²) in [5.41, 5.74) is 1.86. The second kappa shape index (κ2) is 5.89. The summed E-state index contributed by atoms with van der Waals surface area (Å²) in [4.78, 5) is 22.0. The molecule has 5 nitrogen and oxygen atoms in total. The van der Waals surface area contributed by atoms with Gasteiger partial charge < -0.3 is 14.8 Å². The monoisotopic (exact) mass is 237 g/mol. The minimum atomic E-state index is -0.893. The molecule has 0 aliphatic heterocycles. The second-order valence-corrected chi connectivity index (χ2v) is 3.48. The lowest BCUT2D eigenvalue weighted by Gasteiger charge is -2.08. The molecule has 1 rings (SSSR count). The van der Waals surface area contributed by atoms with Gasteiger partial charge in [0.1, 0.15) is 5.75 Å². The lowest BCUT2D eigenvalue weighted by molar-refractivity contribution is -0.152. The maximum absolute atomic E-state index is 11.1. The van der Waals surface area contributed by atoms with Crippen molar-refractivity contribution >= 4 is 11.9 Å². The summed E-state index contributed by atoms with van der Waals surface area (Å²) in [6.07, 6.45) is 0. The fourth-order valence-electron chi connectivity index (χ4n) is 1.40. The van der Waals surface area contributed by atoms with Gasteiger partial charge in [0.05, 0.1) is 14.2 Å². The molecule has 1 aromatic rings. The van der Waals surface area contributed by atoms with E-state index in [0.717, 1.165) is 16.9 Å². The Labute approximate surface area is 99.7 Å². The smallest absolute Gasteiger partial charge is 0.396 e. The van der Waals surface area contributed by atoms with E-state index in [1.807, 2.05) is 25.1 Å². The number of methoxy groups -OCH3 is 2. The molecule has 0 bridgehead atoms. The molecule has 0 saturated heterocycles. The Morgan fingerprint density at radius 2 is 2.00 bits per heavy atom. The van der Waals surface area contributed by atoms with Crippen LogP contribution in [0.15, 0.2) is 18.2 Å². The highest BCUT2D eigenvalue weighted by Gasteiger charge is 2.12. The van der Waals surface area contributed by atoms with Gasteiger partial charge in [0, 0.05) is 6.54 Å². The van der Waals surface area contributed by atoms with Crippen molar-refractivity contribution in [3.63, 3.8) is 0 Å². The molecule has 0 aliphatic carbocycles. The zero-order valence-corrected chi connectivity index (χ0v) is 10.1. The zero-order valence-electron chi connectivity index (χ0n) is 10.1. The Morgan fingerprint density at radius 3 is 2.53 bits per heavy atom. The molecule has 0 fully saturated rings. The van der Waals surface area contributed by atoms with Gasteiger partial charge in [-0.2, -0.15) is 0 Å². The Balaban J connectivity index is 2.61. The quantitative estimate of drug-likeness (QED) is 0.623. The van der Waals surface area contributed by atoms with Crippen molar-refractivity contribution < 1.29 is 19.1 Å². The van der Waals surface area contributed by atoms with Crippen molar-refractivity contribution in [2.75, 3.05) is 14.2 Å². The minimum Gasteiger partial charge on any atom is -0.496 e. The van der Waals surface area contributed by atoms with Crippen LogP contribution in [0, 0.1) is 6.92 Å². The highest BCUT2D eigenvalue weighted by molar-refractivity contribution is 6.32. The van der Waals surface area contributed by atoms with Gasteiger partial charge in [-0.25, -0.2) is 4.79 Å². The third-order valence-corrected chi connectivity index (χ3v) is 2.28. The van der Waals surface area contributed by atoms with E-state index in [1.165, 1.54) is 7.11 Å². The van der Waals surface area contributed by atoms with Crippen LogP contribution in [0.2, 0.25) is 0 Å². The van der Waals surface area contributed by atoms with E-state index >= 15 is 0 Å². The lowest BCUT2D eigenvalue weighted by atomic mass is 10.1. The molecule has 0 unspecified atom stereocenters. The average Bonchev–Trinajstić information content (AvgIpc) is 2.35. The van der Waals surface area contributed by atoms with Gasteiger partial charge in [0.25, 0.3) is 0 Å². The van der Waals surface area contributed by atoms with Gasteiger partial charge in [-0.05, 0) is 24.1 Å². The van der Waals surface area contributed by atoms with Crippen LogP contribution in [-0.4, -0.2) is 26.1 Å². The number of hydrogen-bond acceptors (Lipinski definition) is 4. The van der Waals surface area contributed by atoms with Gasteiger partial charge in [-0.1, -0.05) is 12.1 Å². The van der Waals surface area contributed by atoms with Gasteiger partial charge in [0.15, 0.2) is 0 Å². The van der Waals surface area contributed by atoms with Crippen molar-refractivity contribution in [1.82, 2.24) is 5.32 Å². The summed E-state index contributed by atoms with van der Waals surface area (Å²) in [5, 5.41) is 2.46. The summed E-state index contributed by atoms with van der Waals surface area (Å²) in [6.45, 7) is 2.18. The number of benzene rings is 1. The number of rotatable bonds is 3. The number of amides is 1. The third kappa shape index (κ3) is 3.48. The van der Waals surface area contributed by atoms with E-state index < -0.39 is 11.9 Å². The van der Waals surface area contributed by atoms with Crippen molar-refractivity contribution in [1.29, 1.82) is 0 Å². The normalized spacial score (nSPS) is 9.59. The van der Waals surface area contributed by atoms with Gasteiger partial charge in [-0.3, -0.25) is 4.79 Å². The summed E-state index contributed by atoms with van der Waals surface area (Å²) in [6, 6.07) is 5.52. The number of aryl methyl sites for hydroxylation is 1. The fourth-order valence-corrected chi connectivity index (χ4v) is 1.40. The molecule has 92 valence electrons. The first-order valence-corrected chi connectivity index (χ1v) is 5.08. The van der Waals surface area contributed by atoms with Crippen LogP contribution in [-0.2, 0) is 20.9 Å². The second-order valence-electron chi connectivity index (χ2n) is 3.48. The topological polar surface area (TPSA) is 64.6 Å². The van der Waals surface area contributed by atoms with Gasteiger partial charge in [-0.15, -0.1) is 0 Å². The Hall–Kier alpha value is -2.04. The first-order chi connectivity index (χ1) is 8.08. The number of esters is 1. The van der Waals surface area contributed by atoms with Crippen LogP contribution >= 0.6 is 0 Å². The first kappa shape index (κ1) is 13.0. The summed E-state index contributed by atoms with van der Waals surface area (Å²) >= 11 is 0. The van der Waals surface area contributed by atoms with Crippen LogP contribution in [0.25, 0.3) is 0 Å². The van der Waals surface area contributed by atoms with Crippen LogP contribution in [0.3, 0.4) is 0 Å². The van der Waals surface area contributed by atoms with E-state index in [-0.39, 0.29) is 6.54 Å². The molecule has 1 amide bonds. The largest absolute Gasteiger partial charge is 0.496 e. The molecule has 5 heteroatoms. The van der Waals surface area contributed by atoms with Crippen LogP contribution in [0.1, 0.15) is 11.1 Å². The molecule has 0 spiro atoms. The molecule has 0 aliphatic rings. The molecular weight excluding hydrogens is 222 g/mol. The lowest BCUT2D eigenvalue weighted by Crippen LogP contribution is -2.31. The number of hydrogen-bond donors (Lipinski definition) is 1. The van der Waals surface area contributed by atoms with Crippen LogP contribution in [0.4, 0.5) is 0 Å². The SMILES string of the molecule is COC(=O)C(=O)NCc1ccc(OC)c(C)c1. The fraction of sp³-hybridized carbons (Fsp3) is 0.333. The van der Waals surface area contributed by atoms with Gasteiger partial charge >= 0.3 is 11.9 Å². The summed E-state index contributed by atoms with van der Waals surface area (Å²) < 4.78 is 9.41. The minimum absolute atomic E-state index is 0.277. The molecule has 17 heavy (non-hydrogen) atoms. The Bertz CT molecular complexity index is 429. The predicted molar refractivity (Wildman–Crippen MR) is 61.6 cm³/mol. The molecule has 0 aromatic heterocycles. The molecule has 0 heterocycles. The first-order valence-electron chi connectivity index (χ1n) is 5.08. The Morgan fingerprint density at radius 1 is 1.29 bits per heavy atom. The maximum Gasteiger partial charge on any atom is 0.396 e. The standard InChI is InChI=1S/C12H15NO4/c1-8-6-9(4-5-10(8)16-2)7-13-11(14)12(15)17-3/h4-6H,7H2,1-3H3,(H,13,14). The highest BCUT2D eigenvalue weighted by Crippen LogP contribution is 2.18. The van der Waals surface area contributed by atoms with E-state index in [2.05, 4.69) is 10.1 Å². The molecule has 1 N–H and O–H groups in total. The van der Waals surface area contributed by atoms with E-state index in [1.54, 1.807) is 7.11 Å². The van der Waals surface area contributed by atoms with E-state index in [4.69, 9.17) is 4.74 Å². The average molecular weight is 237 g/mol. The van der Waals surface area contributed by atoms with Crippen LogP contribution < -0.4 is 10.1 Å². The molecule has 0 radical (unpaired) electrons. The van der Waals surface area contributed by atoms with Crippen molar-refractivity contribution in [3.8, 4) is 5.75 Å². The van der Waals surface area contributed by atoms with Crippen molar-refractivity contribution in [3.05, 3.63) is 29.3 Å². The molecular formula is C12H15NO4. The summed E-state index contributed by atoms with van der Waals surface area (Å²) in [7, 11) is 2.76. The van der Waals surface area contributed by atoms with Crippen molar-refractivity contribution in [2.24, 2.45) is 0 Å². The number of carbonyl (C=O) groups is 2. The number of nitrogens with one attached hydrogen (secondary N) is 1. The van der Waals surface area contributed by atoms with Crippen LogP contribution in [0.5, 0.6) is 5.75 Å². The van der Waals surface area contributed by atoms with Crippen molar-refractivity contribution in [2.45, 2.75) is 13.5 Å². The number of ether oxygens (including phenoxy) is 2. The maximum atomic E-state index is 11.1. The molecule has 1 aromatic carbocycles. The zero-order chi connectivity index (χ0) is 12.8. The summed E-state index contributed by atoms with van der Waals surface area (Å²) in [5.74, 6) is -0.857. The third-order valence-electron chi connectivity index (χ3n) is 2.28. The predicted octanol–water partition coefficient (Wildman–Crippen LogP) is 0.793. The van der Waals surface area contributed by atoms with Gasteiger partial charge in [0.2, 0.25) is 0 Å². The molecule has 0 atom stereocenters. The highest BCUT2D eigenvalue weighted by atomic mass is 16.5. The van der Waals surface area contributed by atoms with E-state index in [9.17, 15) is 9.59 Å². The molecule has 0 saturated carbocycles.